The predicted molar refractivity (Wildman–Crippen MR) is 90.1 cm³/mol. The molecule has 0 fully saturated rings. The molecule has 0 bridgehead atoms. The number of aromatic nitrogens is 2. The van der Waals surface area contributed by atoms with Crippen LogP contribution < -0.4 is 5.56 Å². The molecule has 2 aromatic rings. The van der Waals surface area contributed by atoms with Crippen molar-refractivity contribution in [1.29, 1.82) is 0 Å². The van der Waals surface area contributed by atoms with Gasteiger partial charge < -0.3 is 9.67 Å². The topological polar surface area (TPSA) is 55.1 Å². The van der Waals surface area contributed by atoms with Crippen molar-refractivity contribution in [1.82, 2.24) is 9.55 Å². The van der Waals surface area contributed by atoms with Crippen molar-refractivity contribution in [2.75, 3.05) is 6.61 Å². The van der Waals surface area contributed by atoms with Crippen LogP contribution in [0.2, 0.25) is 0 Å². The first-order valence-corrected chi connectivity index (χ1v) is 7.86. The fourth-order valence-electron chi connectivity index (χ4n) is 2.44. The van der Waals surface area contributed by atoms with E-state index in [0.717, 1.165) is 30.3 Å². The third-order valence-electron chi connectivity index (χ3n) is 3.67. The van der Waals surface area contributed by atoms with Crippen LogP contribution in [0, 0.1) is 0 Å². The molecule has 118 valence electrons. The fourth-order valence-corrected chi connectivity index (χ4v) is 2.44. The lowest BCUT2D eigenvalue weighted by Gasteiger charge is -2.11. The number of hydrogen-bond acceptors (Lipinski definition) is 3. The molecule has 1 heterocycles. The molecule has 1 aromatic carbocycles. The van der Waals surface area contributed by atoms with Crippen LogP contribution in [-0.4, -0.2) is 21.3 Å². The summed E-state index contributed by atoms with van der Waals surface area (Å²) in [5.41, 5.74) is 3.56. The van der Waals surface area contributed by atoms with Crippen molar-refractivity contribution < 1.29 is 5.11 Å². The van der Waals surface area contributed by atoms with Gasteiger partial charge in [0.2, 0.25) is 0 Å². The molecule has 0 aliphatic carbocycles. The highest BCUT2D eigenvalue weighted by Crippen LogP contribution is 2.12. The maximum absolute atomic E-state index is 12.7. The monoisotopic (exact) mass is 300 g/mol. The predicted octanol–water partition coefficient (Wildman–Crippen LogP) is 3.07. The van der Waals surface area contributed by atoms with E-state index < -0.39 is 0 Å². The van der Waals surface area contributed by atoms with Crippen LogP contribution in [0.4, 0.5) is 0 Å². The maximum Gasteiger partial charge on any atom is 0.273 e. The Morgan fingerprint density at radius 1 is 1.23 bits per heavy atom. The molecule has 4 nitrogen and oxygen atoms in total. The minimum atomic E-state index is 0.000184. The molecule has 0 aliphatic rings. The van der Waals surface area contributed by atoms with E-state index in [-0.39, 0.29) is 12.2 Å². The van der Waals surface area contributed by atoms with Gasteiger partial charge in [-0.1, -0.05) is 30.2 Å². The summed E-state index contributed by atoms with van der Waals surface area (Å²) in [6.07, 6.45) is 5.30. The molecule has 0 unspecified atom stereocenters. The quantitative estimate of drug-likeness (QED) is 0.631. The number of nitrogens with zero attached hydrogens (tertiary/aromatic N) is 2. The van der Waals surface area contributed by atoms with Crippen LogP contribution in [0.1, 0.15) is 38.8 Å². The number of allylic oxidation sites excluding steroid dienone is 2. The summed E-state index contributed by atoms with van der Waals surface area (Å²) in [4.78, 5) is 17.2. The first kappa shape index (κ1) is 16.4. The van der Waals surface area contributed by atoms with E-state index >= 15 is 0 Å². The largest absolute Gasteiger partial charge is 0.396 e. The number of rotatable bonds is 7. The molecule has 0 radical (unpaired) electrons. The number of aliphatic hydroxyl groups excluding tert-OH is 1. The molecule has 0 saturated heterocycles. The van der Waals surface area contributed by atoms with Crippen LogP contribution in [0.5, 0.6) is 0 Å². The van der Waals surface area contributed by atoms with E-state index in [0.29, 0.717) is 18.7 Å². The zero-order valence-electron chi connectivity index (χ0n) is 13.4. The van der Waals surface area contributed by atoms with Crippen LogP contribution in [-0.2, 0) is 13.0 Å². The van der Waals surface area contributed by atoms with Crippen LogP contribution in [0.25, 0.3) is 11.0 Å². The second kappa shape index (κ2) is 7.90. The molecule has 2 rings (SSSR count). The molecule has 22 heavy (non-hydrogen) atoms. The van der Waals surface area contributed by atoms with E-state index in [4.69, 9.17) is 5.11 Å². The van der Waals surface area contributed by atoms with E-state index in [1.807, 2.05) is 38.1 Å². The molecular weight excluding hydrogens is 276 g/mol. The van der Waals surface area contributed by atoms with Gasteiger partial charge in [-0.2, -0.15) is 0 Å². The Morgan fingerprint density at radius 2 is 2.00 bits per heavy atom. The van der Waals surface area contributed by atoms with Gasteiger partial charge in [0.25, 0.3) is 5.56 Å². The average Bonchev–Trinajstić information content (AvgIpc) is 2.51. The smallest absolute Gasteiger partial charge is 0.273 e. The summed E-state index contributed by atoms with van der Waals surface area (Å²) < 4.78 is 1.80. The van der Waals surface area contributed by atoms with Crippen LogP contribution >= 0.6 is 0 Å². The third kappa shape index (κ3) is 4.04. The summed E-state index contributed by atoms with van der Waals surface area (Å²) >= 11 is 0. The summed E-state index contributed by atoms with van der Waals surface area (Å²) in [5, 5.41) is 8.84. The summed E-state index contributed by atoms with van der Waals surface area (Å²) in [6, 6.07) is 7.77. The van der Waals surface area contributed by atoms with Gasteiger partial charge in [-0.05, 0) is 45.2 Å². The first-order chi connectivity index (χ1) is 10.6. The molecule has 0 spiro atoms. The Kier molecular flexibility index (Phi) is 5.90. The van der Waals surface area contributed by atoms with Gasteiger partial charge in [0.05, 0.1) is 11.0 Å². The number of unbranched alkanes of at least 4 members (excludes halogenated alkanes) is 2. The molecule has 0 saturated carbocycles. The Hall–Kier alpha value is -1.94. The highest BCUT2D eigenvalue weighted by Gasteiger charge is 2.09. The number of aryl methyl sites for hydroxylation is 1. The zero-order chi connectivity index (χ0) is 15.9. The SMILES string of the molecule is CC(C)=CCn1c(=O)c(CCCCCO)nc2ccccc21. The standard InChI is InChI=1S/C18H24N2O2/c1-14(2)11-12-20-17-10-6-5-8-15(17)19-16(18(20)22)9-4-3-7-13-21/h5-6,8,10-11,21H,3-4,7,9,12-13H2,1-2H3. The van der Waals surface area contributed by atoms with Crippen LogP contribution in [0.3, 0.4) is 0 Å². The van der Waals surface area contributed by atoms with Crippen LogP contribution in [0.15, 0.2) is 40.7 Å². The molecule has 0 atom stereocenters. The van der Waals surface area contributed by atoms with Crippen molar-refractivity contribution in [3.8, 4) is 0 Å². The Bertz CT molecular complexity index is 713. The first-order valence-electron chi connectivity index (χ1n) is 7.86. The zero-order valence-corrected chi connectivity index (χ0v) is 13.4. The number of aliphatic hydroxyl groups is 1. The number of para-hydroxylation sites is 2. The second-order valence-corrected chi connectivity index (χ2v) is 5.78. The fraction of sp³-hybridized carbons (Fsp3) is 0.444. The molecule has 1 aromatic heterocycles. The van der Waals surface area contributed by atoms with Crippen molar-refractivity contribution in [2.24, 2.45) is 0 Å². The van der Waals surface area contributed by atoms with Gasteiger partial charge in [-0.15, -0.1) is 0 Å². The van der Waals surface area contributed by atoms with E-state index in [2.05, 4.69) is 11.1 Å². The van der Waals surface area contributed by atoms with Crippen molar-refractivity contribution in [3.63, 3.8) is 0 Å². The van der Waals surface area contributed by atoms with E-state index in [9.17, 15) is 4.79 Å². The minimum absolute atomic E-state index is 0.000184. The Labute approximate surface area is 131 Å². The Morgan fingerprint density at radius 3 is 2.73 bits per heavy atom. The lowest BCUT2D eigenvalue weighted by atomic mass is 10.1. The van der Waals surface area contributed by atoms with E-state index in [1.54, 1.807) is 4.57 Å². The molecular formula is C18H24N2O2. The summed E-state index contributed by atoms with van der Waals surface area (Å²) in [6.45, 7) is 4.85. The van der Waals surface area contributed by atoms with Gasteiger partial charge in [0.1, 0.15) is 5.69 Å². The molecule has 0 amide bonds. The third-order valence-corrected chi connectivity index (χ3v) is 3.67. The average molecular weight is 300 g/mol. The number of fused-ring (bicyclic) bond motifs is 1. The lowest BCUT2D eigenvalue weighted by Crippen LogP contribution is -2.25. The van der Waals surface area contributed by atoms with Gasteiger partial charge in [-0.3, -0.25) is 4.79 Å². The van der Waals surface area contributed by atoms with Crippen molar-refractivity contribution in [2.45, 2.75) is 46.1 Å². The van der Waals surface area contributed by atoms with Gasteiger partial charge in [0, 0.05) is 13.2 Å². The highest BCUT2D eigenvalue weighted by atomic mass is 16.2. The van der Waals surface area contributed by atoms with E-state index in [1.165, 1.54) is 5.57 Å². The molecule has 4 heteroatoms. The highest BCUT2D eigenvalue weighted by molar-refractivity contribution is 5.74. The normalized spacial score (nSPS) is 10.9. The van der Waals surface area contributed by atoms with Crippen molar-refractivity contribution >= 4 is 11.0 Å². The second-order valence-electron chi connectivity index (χ2n) is 5.78. The number of hydrogen-bond donors (Lipinski definition) is 1. The van der Waals surface area contributed by atoms with Crippen molar-refractivity contribution in [3.05, 3.63) is 52.0 Å². The number of benzene rings is 1. The Balaban J connectivity index is 2.38. The molecule has 0 aliphatic heterocycles. The van der Waals surface area contributed by atoms with Gasteiger partial charge in [0.15, 0.2) is 0 Å². The summed E-state index contributed by atoms with van der Waals surface area (Å²) in [7, 11) is 0. The molecule has 1 N–H and O–H groups in total. The van der Waals surface area contributed by atoms with Gasteiger partial charge in [-0.25, -0.2) is 4.98 Å². The minimum Gasteiger partial charge on any atom is -0.396 e. The summed E-state index contributed by atoms with van der Waals surface area (Å²) in [5.74, 6) is 0. The van der Waals surface area contributed by atoms with Gasteiger partial charge >= 0.3 is 0 Å². The lowest BCUT2D eigenvalue weighted by molar-refractivity contribution is 0.283. The maximum atomic E-state index is 12.7.